The lowest BCUT2D eigenvalue weighted by atomic mass is 10.3. The quantitative estimate of drug-likeness (QED) is 0.568. The summed E-state index contributed by atoms with van der Waals surface area (Å²) >= 11 is 3.18. The first-order valence-electron chi connectivity index (χ1n) is 5.79. The van der Waals surface area contributed by atoms with Gasteiger partial charge >= 0.3 is 0 Å². The predicted octanol–water partition coefficient (Wildman–Crippen LogP) is 2.82. The number of fused-ring (bicyclic) bond motifs is 2. The minimum Gasteiger partial charge on any atom is -0.309 e. The molecule has 0 unspecified atom stereocenters. The highest BCUT2D eigenvalue weighted by molar-refractivity contribution is 7.17. The lowest BCUT2D eigenvalue weighted by Crippen LogP contribution is -2.19. The first kappa shape index (κ1) is 11.0. The minimum atomic E-state index is 0.0510. The summed E-state index contributed by atoms with van der Waals surface area (Å²) in [6.07, 6.45) is 5.78. The van der Waals surface area contributed by atoms with Crippen molar-refractivity contribution in [1.82, 2.24) is 14.0 Å². The molecule has 0 aromatic carbocycles. The fourth-order valence-corrected chi connectivity index (χ4v) is 3.65. The summed E-state index contributed by atoms with van der Waals surface area (Å²) in [5, 5.41) is 4.73. The smallest absolute Gasteiger partial charge is 0.259 e. The van der Waals surface area contributed by atoms with Gasteiger partial charge in [0.2, 0.25) is 0 Å². The van der Waals surface area contributed by atoms with Crippen LogP contribution in [0.2, 0.25) is 0 Å². The number of rotatable bonds is 2. The lowest BCUT2D eigenvalue weighted by molar-refractivity contribution is 0.752. The van der Waals surface area contributed by atoms with Crippen LogP contribution in [0.4, 0.5) is 0 Å². The van der Waals surface area contributed by atoms with Crippen molar-refractivity contribution in [3.8, 4) is 0 Å². The Morgan fingerprint density at radius 3 is 3.00 bits per heavy atom. The first-order chi connectivity index (χ1) is 9.31. The highest BCUT2D eigenvalue weighted by atomic mass is 32.1. The lowest BCUT2D eigenvalue weighted by Gasteiger charge is -2.02. The monoisotopic (exact) mass is 287 g/mol. The van der Waals surface area contributed by atoms with E-state index in [-0.39, 0.29) is 5.56 Å². The number of thiophene rings is 1. The Labute approximate surface area is 116 Å². The van der Waals surface area contributed by atoms with E-state index in [1.54, 1.807) is 27.2 Å². The van der Waals surface area contributed by atoms with Crippen molar-refractivity contribution in [1.29, 1.82) is 0 Å². The molecule has 0 aliphatic carbocycles. The van der Waals surface area contributed by atoms with E-state index in [0.717, 1.165) is 20.7 Å². The van der Waals surface area contributed by atoms with E-state index < -0.39 is 0 Å². The van der Waals surface area contributed by atoms with Gasteiger partial charge in [-0.25, -0.2) is 4.98 Å². The highest BCUT2D eigenvalue weighted by Gasteiger charge is 2.07. The molecule has 4 aromatic heterocycles. The van der Waals surface area contributed by atoms with Crippen LogP contribution in [0.3, 0.4) is 0 Å². The maximum absolute atomic E-state index is 12.3. The summed E-state index contributed by atoms with van der Waals surface area (Å²) in [6.45, 7) is 0.513. The maximum atomic E-state index is 12.3. The van der Waals surface area contributed by atoms with Crippen LogP contribution in [0.15, 0.2) is 46.3 Å². The molecule has 0 aliphatic rings. The largest absolute Gasteiger partial charge is 0.309 e. The second kappa shape index (κ2) is 4.04. The van der Waals surface area contributed by atoms with E-state index >= 15 is 0 Å². The van der Waals surface area contributed by atoms with Gasteiger partial charge in [0.05, 0.1) is 17.6 Å². The van der Waals surface area contributed by atoms with Gasteiger partial charge in [0, 0.05) is 28.7 Å². The van der Waals surface area contributed by atoms with Gasteiger partial charge in [-0.15, -0.1) is 22.7 Å². The van der Waals surface area contributed by atoms with Crippen LogP contribution >= 0.6 is 22.7 Å². The maximum Gasteiger partial charge on any atom is 0.259 e. The predicted molar refractivity (Wildman–Crippen MR) is 78.3 cm³/mol. The van der Waals surface area contributed by atoms with Gasteiger partial charge in [0.25, 0.3) is 5.56 Å². The molecule has 19 heavy (non-hydrogen) atoms. The topological polar surface area (TPSA) is 39.3 Å². The van der Waals surface area contributed by atoms with Gasteiger partial charge < -0.3 is 4.57 Å². The average molecular weight is 287 g/mol. The number of imidazole rings is 1. The number of aromatic nitrogens is 3. The first-order valence-corrected chi connectivity index (χ1v) is 7.55. The molecule has 4 rings (SSSR count). The van der Waals surface area contributed by atoms with Crippen molar-refractivity contribution in [2.75, 3.05) is 0 Å². The van der Waals surface area contributed by atoms with Crippen LogP contribution in [0.25, 0.3) is 15.0 Å². The Balaban J connectivity index is 1.80. The Bertz CT molecular complexity index is 899. The fraction of sp³-hybridized carbons (Fsp3) is 0.0769. The molecule has 4 aromatic rings. The van der Waals surface area contributed by atoms with E-state index in [1.807, 2.05) is 45.9 Å². The number of hydrogen-bond donors (Lipinski definition) is 0. The highest BCUT2D eigenvalue weighted by Crippen LogP contribution is 2.17. The van der Waals surface area contributed by atoms with Gasteiger partial charge in [0.15, 0.2) is 4.96 Å². The average Bonchev–Trinajstić information content (AvgIpc) is 3.07. The van der Waals surface area contributed by atoms with Crippen LogP contribution in [0.5, 0.6) is 0 Å². The minimum absolute atomic E-state index is 0.0510. The zero-order valence-electron chi connectivity index (χ0n) is 9.81. The molecule has 94 valence electrons. The number of hydrogen-bond acceptors (Lipinski definition) is 4. The molecule has 0 spiro atoms. The molecule has 4 nitrogen and oxygen atoms in total. The van der Waals surface area contributed by atoms with Crippen LogP contribution < -0.4 is 5.56 Å². The van der Waals surface area contributed by atoms with Gasteiger partial charge in [0.1, 0.15) is 0 Å². The van der Waals surface area contributed by atoms with E-state index in [2.05, 4.69) is 4.98 Å². The van der Waals surface area contributed by atoms with Crippen molar-refractivity contribution < 1.29 is 0 Å². The van der Waals surface area contributed by atoms with E-state index in [1.165, 1.54) is 0 Å². The zero-order chi connectivity index (χ0) is 12.8. The van der Waals surface area contributed by atoms with E-state index in [4.69, 9.17) is 0 Å². The molecule has 4 heterocycles. The zero-order valence-corrected chi connectivity index (χ0v) is 11.4. The Hall–Kier alpha value is -1.92. The van der Waals surface area contributed by atoms with Gasteiger partial charge in [-0.3, -0.25) is 9.20 Å². The molecule has 0 saturated heterocycles. The summed E-state index contributed by atoms with van der Waals surface area (Å²) in [5.74, 6) is 0. The molecule has 0 bridgehead atoms. The number of pyridine rings is 1. The SMILES string of the molecule is O=c1c2ccsc2ccn1Cc1cn2ccsc2n1. The fourth-order valence-electron chi connectivity index (χ4n) is 2.16. The molecule has 0 radical (unpaired) electrons. The van der Waals surface area contributed by atoms with E-state index in [0.29, 0.717) is 6.54 Å². The molecule has 0 atom stereocenters. The van der Waals surface area contributed by atoms with Crippen molar-refractivity contribution in [2.24, 2.45) is 0 Å². The van der Waals surface area contributed by atoms with Gasteiger partial charge in [-0.2, -0.15) is 0 Å². The summed E-state index contributed by atoms with van der Waals surface area (Å²) in [4.78, 5) is 17.7. The Morgan fingerprint density at radius 1 is 1.16 bits per heavy atom. The van der Waals surface area contributed by atoms with Crippen molar-refractivity contribution in [2.45, 2.75) is 6.54 Å². The molecule has 0 saturated carbocycles. The number of thiazole rings is 1. The van der Waals surface area contributed by atoms with Crippen molar-refractivity contribution >= 4 is 37.7 Å². The Kier molecular flexibility index (Phi) is 2.33. The number of nitrogens with zero attached hydrogens (tertiary/aromatic N) is 3. The van der Waals surface area contributed by atoms with E-state index in [9.17, 15) is 4.79 Å². The molecule has 6 heteroatoms. The Morgan fingerprint density at radius 2 is 2.11 bits per heavy atom. The standard InChI is InChI=1S/C13H9N3OS2/c17-12-10-2-5-18-11(10)1-3-15(12)7-9-8-16-4-6-19-13(16)14-9/h1-6,8H,7H2. The second-order valence-corrected chi connectivity index (χ2v) is 6.09. The van der Waals surface area contributed by atoms with Gasteiger partial charge in [-0.1, -0.05) is 0 Å². The third kappa shape index (κ3) is 1.72. The molecule has 0 aliphatic heterocycles. The third-order valence-corrected chi connectivity index (χ3v) is 4.72. The molecule has 0 N–H and O–H groups in total. The van der Waals surface area contributed by atoms with Crippen molar-refractivity contribution in [3.63, 3.8) is 0 Å². The molecule has 0 amide bonds. The van der Waals surface area contributed by atoms with Crippen LogP contribution in [-0.2, 0) is 6.54 Å². The molecular weight excluding hydrogens is 278 g/mol. The summed E-state index contributed by atoms with van der Waals surface area (Å²) < 4.78 is 4.72. The normalized spacial score (nSPS) is 11.6. The third-order valence-electron chi connectivity index (χ3n) is 3.07. The van der Waals surface area contributed by atoms with Gasteiger partial charge in [-0.05, 0) is 17.5 Å². The molecular formula is C13H9N3OS2. The second-order valence-electron chi connectivity index (χ2n) is 4.27. The molecule has 0 fully saturated rings. The van der Waals surface area contributed by atoms with Crippen LogP contribution in [0, 0.1) is 0 Å². The van der Waals surface area contributed by atoms with Crippen LogP contribution in [-0.4, -0.2) is 14.0 Å². The van der Waals surface area contributed by atoms with Crippen molar-refractivity contribution in [3.05, 3.63) is 57.5 Å². The van der Waals surface area contributed by atoms with Crippen LogP contribution in [0.1, 0.15) is 5.69 Å². The summed E-state index contributed by atoms with van der Waals surface area (Å²) in [5.41, 5.74) is 0.957. The summed E-state index contributed by atoms with van der Waals surface area (Å²) in [7, 11) is 0. The summed E-state index contributed by atoms with van der Waals surface area (Å²) in [6, 6.07) is 3.87.